The Hall–Kier alpha value is -4.13. The van der Waals surface area contributed by atoms with Gasteiger partial charge >= 0.3 is 6.36 Å². The Balaban J connectivity index is 2.01. The van der Waals surface area contributed by atoms with E-state index in [2.05, 4.69) is 9.46 Å². The van der Waals surface area contributed by atoms with Gasteiger partial charge in [0, 0.05) is 5.56 Å². The lowest BCUT2D eigenvalue weighted by atomic mass is 10.1. The Morgan fingerprint density at radius 3 is 1.87 bits per heavy atom. The summed E-state index contributed by atoms with van der Waals surface area (Å²) in [6, 6.07) is 9.23. The van der Waals surface area contributed by atoms with Crippen LogP contribution in [-0.4, -0.2) is 43.2 Å². The average Bonchev–Trinajstić information content (AvgIpc) is 2.86. The zero-order valence-electron chi connectivity index (χ0n) is 20.6. The van der Waals surface area contributed by atoms with Crippen molar-refractivity contribution in [3.8, 4) is 28.7 Å². The normalized spacial score (nSPS) is 11.8. The molecule has 3 aromatic rings. The minimum atomic E-state index is -4.94. The van der Waals surface area contributed by atoms with E-state index in [1.54, 1.807) is 18.2 Å². The molecule has 0 aliphatic rings. The van der Waals surface area contributed by atoms with E-state index in [0.717, 1.165) is 37.4 Å². The molecule has 0 heterocycles. The lowest BCUT2D eigenvalue weighted by molar-refractivity contribution is -0.274. The highest BCUT2D eigenvalue weighted by Gasteiger charge is 2.31. The summed E-state index contributed by atoms with van der Waals surface area (Å²) in [5, 5.41) is 0. The molecule has 0 amide bonds. The van der Waals surface area contributed by atoms with Crippen LogP contribution in [0, 0.1) is 5.82 Å². The van der Waals surface area contributed by atoms with Gasteiger partial charge in [-0.3, -0.25) is 4.72 Å². The molecular weight excluding hydrogens is 534 g/mol. The molecule has 0 saturated carbocycles. The smallest absolute Gasteiger partial charge is 0.493 e. The van der Waals surface area contributed by atoms with Gasteiger partial charge in [-0.1, -0.05) is 12.2 Å². The van der Waals surface area contributed by atoms with Gasteiger partial charge in [-0.15, -0.1) is 13.2 Å². The number of alkyl halides is 3. The van der Waals surface area contributed by atoms with Crippen molar-refractivity contribution < 1.29 is 49.7 Å². The summed E-state index contributed by atoms with van der Waals surface area (Å²) in [6.45, 7) is 0. The van der Waals surface area contributed by atoms with Gasteiger partial charge in [-0.05, 0) is 54.1 Å². The van der Waals surface area contributed by atoms with Gasteiger partial charge in [0.15, 0.2) is 23.1 Å². The van der Waals surface area contributed by atoms with Crippen molar-refractivity contribution >= 4 is 27.9 Å². The molecule has 0 radical (unpaired) electrons. The van der Waals surface area contributed by atoms with Gasteiger partial charge in [0.25, 0.3) is 10.0 Å². The minimum absolute atomic E-state index is 0.220. The van der Waals surface area contributed by atoms with E-state index < -0.39 is 38.6 Å². The zero-order chi connectivity index (χ0) is 28.1. The van der Waals surface area contributed by atoms with Crippen LogP contribution in [0.15, 0.2) is 53.4 Å². The number of benzene rings is 3. The predicted molar refractivity (Wildman–Crippen MR) is 132 cm³/mol. The van der Waals surface area contributed by atoms with E-state index in [4.69, 9.17) is 18.9 Å². The van der Waals surface area contributed by atoms with E-state index in [0.29, 0.717) is 22.8 Å². The number of methoxy groups -OCH3 is 4. The number of nitrogens with one attached hydrogen (secondary N) is 1. The van der Waals surface area contributed by atoms with Crippen LogP contribution in [-0.2, 0) is 10.0 Å². The number of sulfonamides is 1. The number of hydrogen-bond donors (Lipinski definition) is 1. The number of halogens is 4. The molecule has 3 rings (SSSR count). The summed E-state index contributed by atoms with van der Waals surface area (Å²) < 4.78 is 105. The average molecular weight is 558 g/mol. The highest BCUT2D eigenvalue weighted by atomic mass is 32.2. The maximum absolute atomic E-state index is 14.5. The van der Waals surface area contributed by atoms with Crippen LogP contribution in [0.2, 0.25) is 0 Å². The molecule has 0 bridgehead atoms. The van der Waals surface area contributed by atoms with Crippen molar-refractivity contribution in [3.05, 3.63) is 65.5 Å². The van der Waals surface area contributed by atoms with Crippen LogP contribution in [0.3, 0.4) is 0 Å². The number of rotatable bonds is 10. The van der Waals surface area contributed by atoms with Gasteiger partial charge in [-0.2, -0.15) is 0 Å². The summed E-state index contributed by atoms with van der Waals surface area (Å²) in [5.41, 5.74) is 0.571. The molecule has 0 spiro atoms. The molecule has 0 fully saturated rings. The third kappa shape index (κ3) is 6.59. The van der Waals surface area contributed by atoms with Crippen molar-refractivity contribution in [2.24, 2.45) is 0 Å². The van der Waals surface area contributed by atoms with Gasteiger partial charge in [0.1, 0.15) is 11.4 Å². The lowest BCUT2D eigenvalue weighted by Gasteiger charge is -2.16. The number of hydrogen-bond acceptors (Lipinski definition) is 7. The van der Waals surface area contributed by atoms with Crippen LogP contribution in [0.5, 0.6) is 28.7 Å². The summed E-state index contributed by atoms with van der Waals surface area (Å²) in [4.78, 5) is -0.391. The summed E-state index contributed by atoms with van der Waals surface area (Å²) >= 11 is 0. The summed E-state index contributed by atoms with van der Waals surface area (Å²) in [5.74, 6) is -0.713. The molecule has 1 N–H and O–H groups in total. The first-order valence-corrected chi connectivity index (χ1v) is 12.1. The van der Waals surface area contributed by atoms with Crippen LogP contribution in [0.25, 0.3) is 12.2 Å². The van der Waals surface area contributed by atoms with Gasteiger partial charge in [0.2, 0.25) is 5.75 Å². The molecule has 13 heteroatoms. The third-order valence-corrected chi connectivity index (χ3v) is 6.46. The fraction of sp³-hybridized carbons (Fsp3) is 0.200. The molecule has 0 aliphatic carbocycles. The van der Waals surface area contributed by atoms with Crippen molar-refractivity contribution in [2.45, 2.75) is 11.3 Å². The maximum atomic E-state index is 14.5. The Morgan fingerprint density at radius 1 is 0.789 bits per heavy atom. The SMILES string of the molecule is COc1cc(C=Cc2ccc(F)c(OC)c2NS(=O)(=O)c2ccc(OC(F)(F)F)cc2)cc(OC)c1OC. The fourth-order valence-corrected chi connectivity index (χ4v) is 4.51. The van der Waals surface area contributed by atoms with Crippen molar-refractivity contribution in [1.29, 1.82) is 0 Å². The second kappa shape index (κ2) is 11.5. The summed E-state index contributed by atoms with van der Waals surface area (Å²) in [7, 11) is 1.13. The zero-order valence-corrected chi connectivity index (χ0v) is 21.4. The minimum Gasteiger partial charge on any atom is -0.493 e. The molecule has 0 aromatic heterocycles. The van der Waals surface area contributed by atoms with Crippen molar-refractivity contribution in [1.82, 2.24) is 0 Å². The first kappa shape index (κ1) is 28.4. The van der Waals surface area contributed by atoms with Crippen molar-refractivity contribution in [3.63, 3.8) is 0 Å². The first-order valence-electron chi connectivity index (χ1n) is 10.7. The Labute approximate surface area is 216 Å². The molecule has 38 heavy (non-hydrogen) atoms. The third-order valence-electron chi connectivity index (χ3n) is 5.09. The topological polar surface area (TPSA) is 92.3 Å². The molecule has 0 unspecified atom stereocenters. The van der Waals surface area contributed by atoms with Crippen molar-refractivity contribution in [2.75, 3.05) is 33.2 Å². The quantitative estimate of drug-likeness (QED) is 0.251. The predicted octanol–water partition coefficient (Wildman–Crippen LogP) is 5.73. The Bertz CT molecular complexity index is 1400. The molecule has 0 aliphatic heterocycles. The lowest BCUT2D eigenvalue weighted by Crippen LogP contribution is -2.17. The Kier molecular flexibility index (Phi) is 8.61. The second-order valence-electron chi connectivity index (χ2n) is 7.46. The molecular formula is C25H23F4NO7S. The van der Waals surface area contributed by atoms with Gasteiger partial charge in [0.05, 0.1) is 33.3 Å². The Morgan fingerprint density at radius 2 is 1.37 bits per heavy atom. The fourth-order valence-electron chi connectivity index (χ4n) is 3.41. The number of anilines is 1. The molecule has 3 aromatic carbocycles. The molecule has 204 valence electrons. The summed E-state index contributed by atoms with van der Waals surface area (Å²) in [6.07, 6.45) is -1.84. The monoisotopic (exact) mass is 557 g/mol. The van der Waals surface area contributed by atoms with E-state index in [-0.39, 0.29) is 11.3 Å². The van der Waals surface area contributed by atoms with Crippen LogP contribution in [0.4, 0.5) is 23.2 Å². The van der Waals surface area contributed by atoms with Gasteiger partial charge < -0.3 is 23.7 Å². The highest BCUT2D eigenvalue weighted by Crippen LogP contribution is 2.39. The highest BCUT2D eigenvalue weighted by molar-refractivity contribution is 7.92. The standard InChI is InChI=1S/C25H23F4NO7S/c1-33-20-13-15(14-21(34-2)24(20)36-4)5-6-16-7-12-19(26)23(35-3)22(16)30-38(31,32)18-10-8-17(9-11-18)37-25(27,28)29/h5-14,30H,1-4H3. The van der Waals surface area contributed by atoms with E-state index in [9.17, 15) is 26.0 Å². The second-order valence-corrected chi connectivity index (χ2v) is 9.14. The first-order chi connectivity index (χ1) is 17.9. The van der Waals surface area contributed by atoms with Gasteiger partial charge in [-0.25, -0.2) is 12.8 Å². The molecule has 0 saturated heterocycles. The van der Waals surface area contributed by atoms with Crippen LogP contribution >= 0.6 is 0 Å². The number of ether oxygens (including phenoxy) is 5. The molecule has 8 nitrogen and oxygen atoms in total. The molecule has 0 atom stereocenters. The largest absolute Gasteiger partial charge is 0.573 e. The van der Waals surface area contributed by atoms with E-state index in [1.165, 1.54) is 33.5 Å². The van der Waals surface area contributed by atoms with E-state index >= 15 is 0 Å². The van der Waals surface area contributed by atoms with E-state index in [1.807, 2.05) is 0 Å². The van der Waals surface area contributed by atoms with Crippen LogP contribution in [0.1, 0.15) is 11.1 Å². The van der Waals surface area contributed by atoms with Crippen LogP contribution < -0.4 is 28.4 Å². The maximum Gasteiger partial charge on any atom is 0.573 e.